The maximum Gasteiger partial charge on any atom is 0.335 e. The molecule has 0 heterocycles. The van der Waals surface area contributed by atoms with E-state index >= 15 is 0 Å². The van der Waals surface area contributed by atoms with Crippen LogP contribution in [0.3, 0.4) is 0 Å². The number of nitrogens with two attached hydrogens (primary N) is 2. The molecule has 0 saturated carbocycles. The fraction of sp³-hybridized carbons (Fsp3) is 0.429. The Balaban J connectivity index is 0.000000396. The highest BCUT2D eigenvalue weighted by Gasteiger charge is 2.06. The molecule has 0 atom stereocenters. The lowest BCUT2D eigenvalue weighted by Gasteiger charge is -2.01. The maximum atomic E-state index is 10.4. The molecule has 0 aliphatic carbocycles. The molecular weight excluding hydrogens is 260 g/mol. The standard InChI is InChI=1S/C8H6O4.C6H16N2/c9-7(10)5-2-1-3-6(4-5)8(11)12;1-2-3-4-5-6(7)8/h1-4H,(H,9,10)(H,11,12);6H,2-5,7-8H2,1H3. The zero-order chi connectivity index (χ0) is 15.5. The number of hydrogen-bond donors (Lipinski definition) is 4. The first kappa shape index (κ1) is 18.1. The molecule has 6 nitrogen and oxygen atoms in total. The van der Waals surface area contributed by atoms with Gasteiger partial charge in [0.25, 0.3) is 0 Å². The van der Waals surface area contributed by atoms with E-state index in [0.717, 1.165) is 12.5 Å². The molecule has 20 heavy (non-hydrogen) atoms. The highest BCUT2D eigenvalue weighted by Crippen LogP contribution is 2.04. The van der Waals surface area contributed by atoms with Crippen molar-refractivity contribution in [3.8, 4) is 0 Å². The maximum absolute atomic E-state index is 10.4. The Morgan fingerprint density at radius 2 is 1.60 bits per heavy atom. The van der Waals surface area contributed by atoms with Gasteiger partial charge in [-0.3, -0.25) is 0 Å². The number of hydrogen-bond acceptors (Lipinski definition) is 4. The number of carboxylic acid groups (broad SMARTS) is 2. The summed E-state index contributed by atoms with van der Waals surface area (Å²) < 4.78 is 0. The molecule has 0 unspecified atom stereocenters. The van der Waals surface area contributed by atoms with Gasteiger partial charge in [-0.05, 0) is 24.6 Å². The molecule has 0 aromatic heterocycles. The number of benzene rings is 1. The van der Waals surface area contributed by atoms with Gasteiger partial charge in [-0.2, -0.15) is 0 Å². The van der Waals surface area contributed by atoms with Crippen LogP contribution in [0.1, 0.15) is 53.3 Å². The highest BCUT2D eigenvalue weighted by molar-refractivity contribution is 5.93. The van der Waals surface area contributed by atoms with Crippen molar-refractivity contribution >= 4 is 11.9 Å². The lowest BCUT2D eigenvalue weighted by atomic mass is 10.1. The molecule has 0 aliphatic rings. The molecule has 0 aliphatic heterocycles. The van der Waals surface area contributed by atoms with Crippen molar-refractivity contribution in [2.75, 3.05) is 0 Å². The van der Waals surface area contributed by atoms with Crippen LogP contribution in [0.15, 0.2) is 24.3 Å². The Kier molecular flexibility index (Phi) is 8.98. The van der Waals surface area contributed by atoms with Crippen LogP contribution in [-0.2, 0) is 0 Å². The Bertz CT molecular complexity index is 404. The van der Waals surface area contributed by atoms with Gasteiger partial charge in [-0.25, -0.2) is 9.59 Å². The molecule has 6 heteroatoms. The minimum Gasteiger partial charge on any atom is -0.478 e. The van der Waals surface area contributed by atoms with Crippen molar-refractivity contribution in [1.82, 2.24) is 0 Å². The first-order valence-corrected chi connectivity index (χ1v) is 6.46. The SMILES string of the molecule is CCCCCC(N)N.O=C(O)c1cccc(C(=O)O)c1. The summed E-state index contributed by atoms with van der Waals surface area (Å²) in [7, 11) is 0. The minimum absolute atomic E-state index is 0.0186. The summed E-state index contributed by atoms with van der Waals surface area (Å²) in [6.45, 7) is 2.17. The third-order valence-corrected chi connectivity index (χ3v) is 2.50. The van der Waals surface area contributed by atoms with Crippen LogP contribution in [0.2, 0.25) is 0 Å². The Morgan fingerprint density at radius 3 is 1.95 bits per heavy atom. The summed E-state index contributed by atoms with van der Waals surface area (Å²) in [5.74, 6) is -2.25. The van der Waals surface area contributed by atoms with Crippen molar-refractivity contribution in [2.45, 2.75) is 38.8 Å². The van der Waals surface area contributed by atoms with Crippen LogP contribution in [0.4, 0.5) is 0 Å². The zero-order valence-corrected chi connectivity index (χ0v) is 11.6. The number of unbranched alkanes of at least 4 members (excludes halogenated alkanes) is 2. The van der Waals surface area contributed by atoms with Crippen LogP contribution in [-0.4, -0.2) is 28.3 Å². The fourth-order valence-electron chi connectivity index (χ4n) is 1.42. The number of aromatic carboxylic acids is 2. The molecule has 0 radical (unpaired) electrons. The predicted octanol–water partition coefficient (Wildman–Crippen LogP) is 1.89. The molecule has 0 spiro atoms. The topological polar surface area (TPSA) is 127 Å². The number of carboxylic acids is 2. The van der Waals surface area contributed by atoms with Gasteiger partial charge in [0.2, 0.25) is 0 Å². The average Bonchev–Trinajstić information content (AvgIpc) is 2.39. The van der Waals surface area contributed by atoms with E-state index in [1.54, 1.807) is 0 Å². The molecule has 1 aromatic rings. The summed E-state index contributed by atoms with van der Waals surface area (Å²) in [5, 5.41) is 17.0. The van der Waals surface area contributed by atoms with Crippen LogP contribution in [0.25, 0.3) is 0 Å². The average molecular weight is 282 g/mol. The second-order valence-corrected chi connectivity index (χ2v) is 4.35. The lowest BCUT2D eigenvalue weighted by Crippen LogP contribution is -2.29. The second-order valence-electron chi connectivity index (χ2n) is 4.35. The van der Waals surface area contributed by atoms with Gasteiger partial charge in [0.15, 0.2) is 0 Å². The summed E-state index contributed by atoms with van der Waals surface area (Å²) in [5.41, 5.74) is 10.6. The molecule has 0 saturated heterocycles. The van der Waals surface area contributed by atoms with E-state index in [4.69, 9.17) is 21.7 Å². The van der Waals surface area contributed by atoms with Crippen molar-refractivity contribution in [3.63, 3.8) is 0 Å². The summed E-state index contributed by atoms with van der Waals surface area (Å²) >= 11 is 0. The van der Waals surface area contributed by atoms with E-state index in [1.807, 2.05) is 0 Å². The second kappa shape index (κ2) is 9.94. The van der Waals surface area contributed by atoms with Gasteiger partial charge in [0.05, 0.1) is 17.3 Å². The quantitative estimate of drug-likeness (QED) is 0.466. The molecule has 0 bridgehead atoms. The normalized spacial score (nSPS) is 9.80. The van der Waals surface area contributed by atoms with E-state index in [9.17, 15) is 9.59 Å². The van der Waals surface area contributed by atoms with Crippen LogP contribution in [0, 0.1) is 0 Å². The zero-order valence-electron chi connectivity index (χ0n) is 11.6. The third kappa shape index (κ3) is 8.23. The van der Waals surface area contributed by atoms with E-state index in [0.29, 0.717) is 0 Å². The summed E-state index contributed by atoms with van der Waals surface area (Å²) in [6, 6.07) is 5.20. The largest absolute Gasteiger partial charge is 0.478 e. The highest BCUT2D eigenvalue weighted by atomic mass is 16.4. The minimum atomic E-state index is -1.13. The molecule has 1 aromatic carbocycles. The van der Waals surface area contributed by atoms with Gasteiger partial charge in [-0.1, -0.05) is 32.3 Å². The molecule has 0 amide bonds. The van der Waals surface area contributed by atoms with Crippen molar-refractivity contribution in [3.05, 3.63) is 35.4 Å². The van der Waals surface area contributed by atoms with Crippen LogP contribution in [0.5, 0.6) is 0 Å². The van der Waals surface area contributed by atoms with Crippen molar-refractivity contribution < 1.29 is 19.8 Å². The first-order valence-electron chi connectivity index (χ1n) is 6.46. The van der Waals surface area contributed by atoms with E-state index in [-0.39, 0.29) is 17.3 Å². The van der Waals surface area contributed by atoms with Crippen molar-refractivity contribution in [2.24, 2.45) is 11.5 Å². The summed E-state index contributed by atoms with van der Waals surface area (Å²) in [6.07, 6.45) is 4.54. The Hall–Kier alpha value is -1.92. The summed E-state index contributed by atoms with van der Waals surface area (Å²) in [4.78, 5) is 20.8. The number of rotatable bonds is 6. The van der Waals surface area contributed by atoms with Crippen molar-refractivity contribution in [1.29, 1.82) is 0 Å². The van der Waals surface area contributed by atoms with Crippen LogP contribution < -0.4 is 11.5 Å². The number of carbonyl (C=O) groups is 2. The van der Waals surface area contributed by atoms with Gasteiger partial charge in [0.1, 0.15) is 0 Å². The predicted molar refractivity (Wildman–Crippen MR) is 76.7 cm³/mol. The fourth-order valence-corrected chi connectivity index (χ4v) is 1.42. The van der Waals surface area contributed by atoms with E-state index in [1.165, 1.54) is 37.5 Å². The smallest absolute Gasteiger partial charge is 0.335 e. The van der Waals surface area contributed by atoms with E-state index in [2.05, 4.69) is 6.92 Å². The molecular formula is C14H22N2O4. The Morgan fingerprint density at radius 1 is 1.10 bits per heavy atom. The van der Waals surface area contributed by atoms with E-state index < -0.39 is 11.9 Å². The van der Waals surface area contributed by atoms with Gasteiger partial charge < -0.3 is 21.7 Å². The molecule has 1 rings (SSSR count). The molecule has 6 N–H and O–H groups in total. The monoisotopic (exact) mass is 282 g/mol. The molecule has 0 fully saturated rings. The first-order chi connectivity index (χ1) is 9.38. The van der Waals surface area contributed by atoms with Crippen LogP contribution >= 0.6 is 0 Å². The third-order valence-electron chi connectivity index (χ3n) is 2.50. The van der Waals surface area contributed by atoms with Gasteiger partial charge >= 0.3 is 11.9 Å². The Labute approximate surface area is 118 Å². The lowest BCUT2D eigenvalue weighted by molar-refractivity contribution is 0.0696. The van der Waals surface area contributed by atoms with Gasteiger partial charge in [-0.15, -0.1) is 0 Å². The van der Waals surface area contributed by atoms with Gasteiger partial charge in [0, 0.05) is 0 Å². The molecule has 112 valence electrons.